The van der Waals surface area contributed by atoms with Crippen molar-refractivity contribution in [1.82, 2.24) is 14.8 Å². The lowest BCUT2D eigenvalue weighted by Gasteiger charge is -2.13. The van der Waals surface area contributed by atoms with E-state index in [1.54, 1.807) is 11.3 Å². The van der Waals surface area contributed by atoms with Crippen molar-refractivity contribution in [2.45, 2.75) is 38.9 Å². The zero-order valence-electron chi connectivity index (χ0n) is 16.8. The van der Waals surface area contributed by atoms with Gasteiger partial charge in [0.25, 0.3) is 5.69 Å². The second-order valence-corrected chi connectivity index (χ2v) is 9.29. The summed E-state index contributed by atoms with van der Waals surface area (Å²) in [6, 6.07) is 4.25. The summed E-state index contributed by atoms with van der Waals surface area (Å²) in [5, 5.41) is 25.0. The molecule has 1 N–H and O–H groups in total. The third-order valence-electron chi connectivity index (χ3n) is 4.47. The van der Waals surface area contributed by atoms with Crippen molar-refractivity contribution in [3.05, 3.63) is 49.2 Å². The fourth-order valence-corrected chi connectivity index (χ4v) is 4.73. The number of hydrogen-bond donors (Lipinski definition) is 1. The van der Waals surface area contributed by atoms with E-state index in [1.165, 1.54) is 40.4 Å². The number of carbonyl (C=O) groups excluding carboxylic acids is 1. The highest BCUT2D eigenvalue weighted by Crippen LogP contribution is 2.33. The molecule has 0 saturated carbocycles. The molecular formula is C19H20ClN5O3S2. The third-order valence-corrected chi connectivity index (χ3v) is 6.74. The summed E-state index contributed by atoms with van der Waals surface area (Å²) in [7, 11) is 0. The Morgan fingerprint density at radius 3 is 2.70 bits per heavy atom. The molecule has 8 nitrogen and oxygen atoms in total. The van der Waals surface area contributed by atoms with E-state index in [0.29, 0.717) is 10.8 Å². The molecule has 0 fully saturated rings. The number of thioether (sulfide) groups is 1. The number of benzene rings is 1. The number of nitrogens with zero attached hydrogens (tertiary/aromatic N) is 4. The molecule has 0 unspecified atom stereocenters. The Bertz CT molecular complexity index is 1110. The van der Waals surface area contributed by atoms with Crippen LogP contribution in [0, 0.1) is 24.0 Å². The van der Waals surface area contributed by atoms with E-state index in [-0.39, 0.29) is 28.4 Å². The van der Waals surface area contributed by atoms with Gasteiger partial charge in [-0.15, -0.1) is 21.5 Å². The molecule has 0 aliphatic rings. The molecule has 0 radical (unpaired) electrons. The first-order valence-corrected chi connectivity index (χ1v) is 11.3. The quantitative estimate of drug-likeness (QED) is 0.281. The van der Waals surface area contributed by atoms with E-state index in [0.717, 1.165) is 11.4 Å². The number of aromatic nitrogens is 3. The van der Waals surface area contributed by atoms with Crippen molar-refractivity contribution in [3.8, 4) is 11.4 Å². The van der Waals surface area contributed by atoms with Crippen molar-refractivity contribution < 1.29 is 9.72 Å². The number of aryl methyl sites for hydroxylation is 1. The van der Waals surface area contributed by atoms with Crippen molar-refractivity contribution in [1.29, 1.82) is 0 Å². The summed E-state index contributed by atoms with van der Waals surface area (Å²) in [4.78, 5) is 24.0. The van der Waals surface area contributed by atoms with Gasteiger partial charge in [-0.05, 0) is 45.4 Å². The van der Waals surface area contributed by atoms with E-state index >= 15 is 0 Å². The molecule has 0 atom stereocenters. The van der Waals surface area contributed by atoms with Crippen molar-refractivity contribution >= 4 is 52.0 Å². The molecule has 30 heavy (non-hydrogen) atoms. The first-order valence-electron chi connectivity index (χ1n) is 9.05. The first-order chi connectivity index (χ1) is 14.2. The second kappa shape index (κ2) is 9.15. The van der Waals surface area contributed by atoms with Crippen LogP contribution in [0.3, 0.4) is 0 Å². The average molecular weight is 466 g/mol. The predicted octanol–water partition coefficient (Wildman–Crippen LogP) is 5.50. The van der Waals surface area contributed by atoms with Gasteiger partial charge in [0.15, 0.2) is 11.0 Å². The van der Waals surface area contributed by atoms with Crippen LogP contribution in [-0.2, 0) is 4.79 Å². The molecule has 1 amide bonds. The molecule has 3 aromatic rings. The zero-order chi connectivity index (χ0) is 22.0. The topological polar surface area (TPSA) is 103 Å². The second-order valence-electron chi connectivity index (χ2n) is 6.86. The van der Waals surface area contributed by atoms with E-state index in [2.05, 4.69) is 34.7 Å². The average Bonchev–Trinajstić information content (AvgIpc) is 3.25. The molecule has 1 aromatic carbocycles. The smallest absolute Gasteiger partial charge is 0.289 e. The van der Waals surface area contributed by atoms with Crippen LogP contribution in [-0.4, -0.2) is 31.3 Å². The Balaban J connectivity index is 1.74. The molecule has 0 bridgehead atoms. The molecule has 0 aliphatic carbocycles. The number of carbonyl (C=O) groups is 1. The summed E-state index contributed by atoms with van der Waals surface area (Å²) in [6.45, 7) is 8.21. The fourth-order valence-electron chi connectivity index (χ4n) is 2.82. The lowest BCUT2D eigenvalue weighted by Crippen LogP contribution is -2.15. The maximum absolute atomic E-state index is 12.4. The minimum atomic E-state index is -0.590. The maximum Gasteiger partial charge on any atom is 0.289 e. The fraction of sp³-hybridized carbons (Fsp3) is 0.316. The Morgan fingerprint density at radius 1 is 1.37 bits per heavy atom. The molecule has 0 spiro atoms. The summed E-state index contributed by atoms with van der Waals surface area (Å²) in [6.07, 6.45) is 0. The van der Waals surface area contributed by atoms with Crippen LogP contribution in [0.15, 0.2) is 28.7 Å². The van der Waals surface area contributed by atoms with Gasteiger partial charge in [-0.3, -0.25) is 19.5 Å². The van der Waals surface area contributed by atoms with Crippen LogP contribution in [0.2, 0.25) is 5.02 Å². The third kappa shape index (κ3) is 4.66. The molecule has 0 saturated heterocycles. The number of thiophene rings is 1. The van der Waals surface area contributed by atoms with Crippen LogP contribution < -0.4 is 5.32 Å². The van der Waals surface area contributed by atoms with Gasteiger partial charge in [-0.1, -0.05) is 23.4 Å². The summed E-state index contributed by atoms with van der Waals surface area (Å²) < 4.78 is 2.01. The zero-order valence-corrected chi connectivity index (χ0v) is 19.2. The van der Waals surface area contributed by atoms with Crippen molar-refractivity contribution in [3.63, 3.8) is 0 Å². The van der Waals surface area contributed by atoms with E-state index in [1.807, 2.05) is 18.4 Å². The predicted molar refractivity (Wildman–Crippen MR) is 121 cm³/mol. The molecule has 158 valence electrons. The highest BCUT2D eigenvalue weighted by atomic mass is 35.5. The van der Waals surface area contributed by atoms with Crippen molar-refractivity contribution in [2.75, 3.05) is 11.1 Å². The van der Waals surface area contributed by atoms with Crippen LogP contribution in [0.5, 0.6) is 0 Å². The minimum Gasteiger partial charge on any atom is -0.325 e. The number of hydrogen-bond acceptors (Lipinski definition) is 7. The molecule has 3 rings (SSSR count). The highest BCUT2D eigenvalue weighted by molar-refractivity contribution is 7.99. The Hall–Kier alpha value is -2.43. The van der Waals surface area contributed by atoms with Gasteiger partial charge < -0.3 is 5.32 Å². The van der Waals surface area contributed by atoms with Crippen LogP contribution in [0.25, 0.3) is 11.4 Å². The van der Waals surface area contributed by atoms with Crippen molar-refractivity contribution in [2.24, 2.45) is 0 Å². The number of anilines is 1. The monoisotopic (exact) mass is 465 g/mol. The van der Waals surface area contributed by atoms with Crippen LogP contribution in [0.4, 0.5) is 11.4 Å². The Kier molecular flexibility index (Phi) is 6.79. The summed E-state index contributed by atoms with van der Waals surface area (Å²) in [5.74, 6) is 0.560. The maximum atomic E-state index is 12.4. The first kappa shape index (κ1) is 22.3. The Morgan fingerprint density at radius 2 is 2.10 bits per heavy atom. The van der Waals surface area contributed by atoms with Gasteiger partial charge in [0.2, 0.25) is 5.91 Å². The molecule has 0 aliphatic heterocycles. The van der Waals surface area contributed by atoms with Gasteiger partial charge in [0.1, 0.15) is 5.02 Å². The molecule has 11 heteroatoms. The number of rotatable bonds is 7. The van der Waals surface area contributed by atoms with Gasteiger partial charge in [-0.2, -0.15) is 0 Å². The largest absolute Gasteiger partial charge is 0.325 e. The summed E-state index contributed by atoms with van der Waals surface area (Å²) >= 11 is 8.74. The number of nitrogens with one attached hydrogen (secondary N) is 1. The molecular weight excluding hydrogens is 446 g/mol. The van der Waals surface area contributed by atoms with Gasteiger partial charge in [0.05, 0.1) is 10.7 Å². The highest BCUT2D eigenvalue weighted by Gasteiger charge is 2.21. The lowest BCUT2D eigenvalue weighted by atomic mass is 10.1. The minimum absolute atomic E-state index is 0.0175. The Labute approximate surface area is 186 Å². The van der Waals surface area contributed by atoms with Crippen LogP contribution >= 0.6 is 34.7 Å². The van der Waals surface area contributed by atoms with E-state index in [4.69, 9.17) is 11.6 Å². The summed E-state index contributed by atoms with van der Waals surface area (Å²) in [5.41, 5.74) is 2.27. The standard InChI is InChI=1S/C19H20ClN5O3S2/c1-10(2)24-18(14-8-29-12(4)11(14)3)22-23-19(24)30-9-17(26)21-13-5-6-15(20)16(7-13)25(27)28/h5-8,10H,9H2,1-4H3,(H,21,26). The molecule has 2 aromatic heterocycles. The van der Waals surface area contributed by atoms with Crippen LogP contribution in [0.1, 0.15) is 30.3 Å². The van der Waals surface area contributed by atoms with Gasteiger partial charge >= 0.3 is 0 Å². The van der Waals surface area contributed by atoms with E-state index < -0.39 is 4.92 Å². The normalized spacial score (nSPS) is 11.1. The number of nitro benzene ring substituents is 1. The lowest BCUT2D eigenvalue weighted by molar-refractivity contribution is -0.384. The van der Waals surface area contributed by atoms with E-state index in [9.17, 15) is 14.9 Å². The number of halogens is 1. The number of amides is 1. The van der Waals surface area contributed by atoms with Gasteiger partial charge in [0, 0.05) is 33.6 Å². The van der Waals surface area contributed by atoms with Gasteiger partial charge in [-0.25, -0.2) is 0 Å². The number of nitro groups is 1. The molecule has 2 heterocycles. The SMILES string of the molecule is Cc1scc(-c2nnc(SCC(=O)Nc3ccc(Cl)c([N+](=O)[O-])c3)n2C(C)C)c1C.